The highest BCUT2D eigenvalue weighted by Gasteiger charge is 2.12. The Kier molecular flexibility index (Phi) is 3.53. The van der Waals surface area contributed by atoms with Gasteiger partial charge in [0.15, 0.2) is 6.61 Å². The zero-order chi connectivity index (χ0) is 13.1. The van der Waals surface area contributed by atoms with Gasteiger partial charge < -0.3 is 14.4 Å². The molecule has 1 aromatic heterocycles. The van der Waals surface area contributed by atoms with Crippen molar-refractivity contribution in [3.05, 3.63) is 35.6 Å². The molecule has 1 aromatic carbocycles. The number of carboxylic acids is 1. The van der Waals surface area contributed by atoms with Crippen LogP contribution in [0.1, 0.15) is 0 Å². The van der Waals surface area contributed by atoms with E-state index in [0.717, 1.165) is 0 Å². The van der Waals surface area contributed by atoms with Crippen LogP contribution in [0.2, 0.25) is 5.02 Å². The molecule has 0 unspecified atom stereocenters. The van der Waals surface area contributed by atoms with Crippen LogP contribution in [-0.2, 0) is 11.8 Å². The molecule has 6 heteroatoms. The van der Waals surface area contributed by atoms with Gasteiger partial charge in [-0.1, -0.05) is 11.6 Å². The summed E-state index contributed by atoms with van der Waals surface area (Å²) in [7, 11) is 1.84. The van der Waals surface area contributed by atoms with E-state index in [0.29, 0.717) is 22.2 Å². The summed E-state index contributed by atoms with van der Waals surface area (Å²) in [5, 5.41) is 9.17. The van der Waals surface area contributed by atoms with Crippen molar-refractivity contribution in [1.29, 1.82) is 0 Å². The van der Waals surface area contributed by atoms with E-state index in [9.17, 15) is 4.79 Å². The number of carbonyl (C=O) groups is 1. The average Bonchev–Trinajstić information content (AvgIpc) is 2.73. The number of nitrogens with zero attached hydrogens (tertiary/aromatic N) is 2. The second-order valence-electron chi connectivity index (χ2n) is 3.68. The number of aromatic nitrogens is 2. The third-order valence-electron chi connectivity index (χ3n) is 2.35. The third-order valence-corrected chi connectivity index (χ3v) is 2.59. The van der Waals surface area contributed by atoms with Gasteiger partial charge in [-0.2, -0.15) is 0 Å². The molecule has 0 saturated heterocycles. The Hall–Kier alpha value is -2.01. The first-order chi connectivity index (χ1) is 8.58. The quantitative estimate of drug-likeness (QED) is 0.921. The van der Waals surface area contributed by atoms with E-state index in [1.165, 1.54) is 0 Å². The first kappa shape index (κ1) is 12.4. The van der Waals surface area contributed by atoms with Crippen LogP contribution in [0, 0.1) is 0 Å². The van der Waals surface area contributed by atoms with Crippen LogP contribution in [0.25, 0.3) is 11.4 Å². The van der Waals surface area contributed by atoms with Gasteiger partial charge in [0.2, 0.25) is 0 Å². The van der Waals surface area contributed by atoms with Crippen LogP contribution in [0.5, 0.6) is 5.75 Å². The summed E-state index contributed by atoms with van der Waals surface area (Å²) in [5.41, 5.74) is 0.663. The molecule has 1 N–H and O–H groups in total. The molecule has 94 valence electrons. The Labute approximate surface area is 109 Å². The van der Waals surface area contributed by atoms with Crippen molar-refractivity contribution >= 4 is 17.6 Å². The number of hydrogen-bond acceptors (Lipinski definition) is 3. The third kappa shape index (κ3) is 2.62. The lowest BCUT2D eigenvalue weighted by atomic mass is 10.2. The molecule has 0 radical (unpaired) electrons. The molecule has 0 spiro atoms. The standard InChI is InChI=1S/C12H11ClN2O3/c1-15-5-4-14-12(15)9-6-8(13)2-3-10(9)18-7-11(16)17/h2-6H,7H2,1H3,(H,16,17). The molecular formula is C12H11ClN2O3. The van der Waals surface area contributed by atoms with Gasteiger partial charge in [0, 0.05) is 24.5 Å². The van der Waals surface area contributed by atoms with Gasteiger partial charge in [0.25, 0.3) is 0 Å². The summed E-state index contributed by atoms with van der Waals surface area (Å²) in [6.07, 6.45) is 3.44. The predicted molar refractivity (Wildman–Crippen MR) is 66.8 cm³/mol. The highest BCUT2D eigenvalue weighted by molar-refractivity contribution is 6.30. The van der Waals surface area contributed by atoms with Crippen LogP contribution in [0.3, 0.4) is 0 Å². The van der Waals surface area contributed by atoms with Crippen LogP contribution in [-0.4, -0.2) is 27.2 Å². The Morgan fingerprint density at radius 3 is 2.94 bits per heavy atom. The average molecular weight is 267 g/mol. The van der Waals surface area contributed by atoms with E-state index in [1.807, 2.05) is 7.05 Å². The molecule has 0 aliphatic carbocycles. The lowest BCUT2D eigenvalue weighted by molar-refractivity contribution is -0.139. The fraction of sp³-hybridized carbons (Fsp3) is 0.167. The summed E-state index contributed by atoms with van der Waals surface area (Å²) >= 11 is 5.94. The van der Waals surface area contributed by atoms with Gasteiger partial charge in [-0.3, -0.25) is 0 Å². The topological polar surface area (TPSA) is 64.4 Å². The summed E-state index contributed by atoms with van der Waals surface area (Å²) in [6, 6.07) is 4.97. The molecule has 0 bridgehead atoms. The Morgan fingerprint density at radius 1 is 1.56 bits per heavy atom. The molecule has 5 nitrogen and oxygen atoms in total. The highest BCUT2D eigenvalue weighted by Crippen LogP contribution is 2.31. The maximum absolute atomic E-state index is 10.5. The smallest absolute Gasteiger partial charge is 0.341 e. The van der Waals surface area contributed by atoms with Gasteiger partial charge in [0.1, 0.15) is 11.6 Å². The van der Waals surface area contributed by atoms with Crippen LogP contribution < -0.4 is 4.74 Å². The van der Waals surface area contributed by atoms with Crippen LogP contribution in [0.15, 0.2) is 30.6 Å². The summed E-state index contributed by atoms with van der Waals surface area (Å²) in [5.74, 6) is 0.0738. The molecule has 2 aromatic rings. The Bertz CT molecular complexity index is 580. The molecular weight excluding hydrogens is 256 g/mol. The number of rotatable bonds is 4. The SMILES string of the molecule is Cn1ccnc1-c1cc(Cl)ccc1OCC(=O)O. The predicted octanol–water partition coefficient (Wildman–Crippen LogP) is 2.20. The maximum atomic E-state index is 10.5. The molecule has 1 heterocycles. The number of halogens is 1. The molecule has 0 amide bonds. The van der Waals surface area contributed by atoms with E-state index in [2.05, 4.69) is 4.98 Å². The fourth-order valence-corrected chi connectivity index (χ4v) is 1.74. The molecule has 0 atom stereocenters. The summed E-state index contributed by atoms with van der Waals surface area (Å²) < 4.78 is 7.03. The van der Waals surface area contributed by atoms with Crippen molar-refractivity contribution in [3.8, 4) is 17.1 Å². The summed E-state index contributed by atoms with van der Waals surface area (Å²) in [6.45, 7) is -0.404. The molecule has 0 aliphatic rings. The second-order valence-corrected chi connectivity index (χ2v) is 4.12. The molecule has 18 heavy (non-hydrogen) atoms. The van der Waals surface area contributed by atoms with E-state index in [4.69, 9.17) is 21.4 Å². The number of ether oxygens (including phenoxy) is 1. The summed E-state index contributed by atoms with van der Waals surface area (Å²) in [4.78, 5) is 14.7. The fourth-order valence-electron chi connectivity index (χ4n) is 1.57. The van der Waals surface area contributed by atoms with Crippen LogP contribution >= 0.6 is 11.6 Å². The van der Waals surface area contributed by atoms with Crippen LogP contribution in [0.4, 0.5) is 0 Å². The van der Waals surface area contributed by atoms with E-state index in [-0.39, 0.29) is 0 Å². The minimum atomic E-state index is -1.03. The lowest BCUT2D eigenvalue weighted by Crippen LogP contribution is -2.10. The minimum absolute atomic E-state index is 0.404. The highest BCUT2D eigenvalue weighted by atomic mass is 35.5. The monoisotopic (exact) mass is 266 g/mol. The molecule has 0 fully saturated rings. The van der Waals surface area contributed by atoms with E-state index in [1.54, 1.807) is 35.2 Å². The molecule has 0 saturated carbocycles. The first-order valence-corrected chi connectivity index (χ1v) is 5.57. The zero-order valence-electron chi connectivity index (χ0n) is 9.63. The Balaban J connectivity index is 2.41. The van der Waals surface area contributed by atoms with E-state index < -0.39 is 12.6 Å². The number of aryl methyl sites for hydroxylation is 1. The van der Waals surface area contributed by atoms with E-state index >= 15 is 0 Å². The van der Waals surface area contributed by atoms with Crippen molar-refractivity contribution in [2.24, 2.45) is 7.05 Å². The van der Waals surface area contributed by atoms with Gasteiger partial charge in [-0.25, -0.2) is 9.78 Å². The minimum Gasteiger partial charge on any atom is -0.481 e. The number of aliphatic carboxylic acids is 1. The zero-order valence-corrected chi connectivity index (χ0v) is 10.4. The number of imidazole rings is 1. The molecule has 0 aliphatic heterocycles. The number of carboxylic acid groups (broad SMARTS) is 1. The number of benzene rings is 1. The van der Waals surface area contributed by atoms with Gasteiger partial charge in [-0.05, 0) is 18.2 Å². The second kappa shape index (κ2) is 5.10. The lowest BCUT2D eigenvalue weighted by Gasteiger charge is -2.10. The first-order valence-electron chi connectivity index (χ1n) is 5.20. The van der Waals surface area contributed by atoms with Gasteiger partial charge in [-0.15, -0.1) is 0 Å². The van der Waals surface area contributed by atoms with Crippen molar-refractivity contribution in [3.63, 3.8) is 0 Å². The van der Waals surface area contributed by atoms with Gasteiger partial charge >= 0.3 is 5.97 Å². The normalized spacial score (nSPS) is 10.3. The Morgan fingerprint density at radius 2 is 2.33 bits per heavy atom. The number of hydrogen-bond donors (Lipinski definition) is 1. The molecule has 2 rings (SSSR count). The van der Waals surface area contributed by atoms with Crippen molar-refractivity contribution in [2.45, 2.75) is 0 Å². The maximum Gasteiger partial charge on any atom is 0.341 e. The largest absolute Gasteiger partial charge is 0.481 e. The van der Waals surface area contributed by atoms with Crippen molar-refractivity contribution in [1.82, 2.24) is 9.55 Å². The van der Waals surface area contributed by atoms with Crippen molar-refractivity contribution < 1.29 is 14.6 Å². The van der Waals surface area contributed by atoms with Crippen molar-refractivity contribution in [2.75, 3.05) is 6.61 Å². The van der Waals surface area contributed by atoms with Gasteiger partial charge in [0.05, 0.1) is 5.56 Å².